The number of hydrogen-bond acceptors (Lipinski definition) is 3. The van der Waals surface area contributed by atoms with E-state index in [1.165, 1.54) is 25.7 Å². The zero-order chi connectivity index (χ0) is 13.7. The molecule has 1 saturated carbocycles. The number of carboxylic acids is 1. The average Bonchev–Trinajstić information content (AvgIpc) is 3.14. The Bertz CT molecular complexity index is 421. The second kappa shape index (κ2) is 6.73. The van der Waals surface area contributed by atoms with Crippen LogP contribution in [0.25, 0.3) is 0 Å². The summed E-state index contributed by atoms with van der Waals surface area (Å²) in [5.41, 5.74) is 0.987. The molecule has 0 atom stereocenters. The Balaban J connectivity index is 1.84. The quantitative estimate of drug-likeness (QED) is 0.681. The van der Waals surface area contributed by atoms with Crippen LogP contribution in [-0.4, -0.2) is 16.2 Å². The number of carbonyl (C=O) groups is 1. The Hall–Kier alpha value is -1.32. The van der Waals surface area contributed by atoms with Gasteiger partial charge in [0.05, 0.1) is 5.69 Å². The molecule has 1 fully saturated rings. The third-order valence-electron chi connectivity index (χ3n) is 3.72. The van der Waals surface area contributed by atoms with Crippen molar-refractivity contribution in [1.29, 1.82) is 0 Å². The summed E-state index contributed by atoms with van der Waals surface area (Å²) in [5, 5.41) is 13.3. The van der Waals surface area contributed by atoms with Gasteiger partial charge in [0.15, 0.2) is 5.76 Å². The van der Waals surface area contributed by atoms with Crippen LogP contribution in [0, 0.1) is 0 Å². The van der Waals surface area contributed by atoms with E-state index in [-0.39, 0.29) is 0 Å². The summed E-state index contributed by atoms with van der Waals surface area (Å²) in [6.07, 6.45) is 9.97. The number of unbranched alkanes of at least 4 members (excludes halogenated alkanes) is 5. The Morgan fingerprint density at radius 2 is 1.95 bits per heavy atom. The second-order valence-corrected chi connectivity index (χ2v) is 5.47. The predicted octanol–water partition coefficient (Wildman–Crippen LogP) is 4.15. The van der Waals surface area contributed by atoms with E-state index in [1.807, 2.05) is 0 Å². The van der Waals surface area contributed by atoms with Crippen LogP contribution >= 0.6 is 0 Å². The van der Waals surface area contributed by atoms with Crippen molar-refractivity contribution in [3.8, 4) is 0 Å². The van der Waals surface area contributed by atoms with Gasteiger partial charge >= 0.3 is 5.97 Å². The van der Waals surface area contributed by atoms with Crippen LogP contribution in [0.4, 0.5) is 0 Å². The summed E-state index contributed by atoms with van der Waals surface area (Å²) >= 11 is 0. The first-order chi connectivity index (χ1) is 9.24. The van der Waals surface area contributed by atoms with Crippen molar-refractivity contribution in [2.24, 2.45) is 0 Å². The maximum absolute atomic E-state index is 11.3. The molecule has 1 heterocycles. The zero-order valence-electron chi connectivity index (χ0n) is 11.7. The van der Waals surface area contributed by atoms with E-state index < -0.39 is 5.97 Å². The summed E-state index contributed by atoms with van der Waals surface area (Å²) in [7, 11) is 0. The first kappa shape index (κ1) is 14.1. The molecule has 19 heavy (non-hydrogen) atoms. The molecular weight excluding hydrogens is 242 g/mol. The van der Waals surface area contributed by atoms with Crippen molar-refractivity contribution in [2.45, 2.75) is 70.6 Å². The molecular formula is C15H23NO3. The number of aromatic nitrogens is 1. The molecule has 4 nitrogen and oxygen atoms in total. The van der Waals surface area contributed by atoms with Crippen LogP contribution in [0.1, 0.15) is 86.0 Å². The maximum atomic E-state index is 11.3. The largest absolute Gasteiger partial charge is 0.477 e. The van der Waals surface area contributed by atoms with Crippen molar-refractivity contribution in [1.82, 2.24) is 5.16 Å². The zero-order valence-corrected chi connectivity index (χ0v) is 11.7. The molecule has 0 unspecified atom stereocenters. The first-order valence-electron chi connectivity index (χ1n) is 7.45. The third kappa shape index (κ3) is 3.82. The molecule has 106 valence electrons. The van der Waals surface area contributed by atoms with Crippen LogP contribution in [0.15, 0.2) is 4.52 Å². The van der Waals surface area contributed by atoms with Gasteiger partial charge < -0.3 is 9.63 Å². The molecule has 1 aliphatic rings. The molecule has 2 rings (SSSR count). The van der Waals surface area contributed by atoms with Gasteiger partial charge in [-0.2, -0.15) is 0 Å². The fraction of sp³-hybridized carbons (Fsp3) is 0.733. The van der Waals surface area contributed by atoms with Crippen LogP contribution < -0.4 is 0 Å². The minimum atomic E-state index is -0.885. The van der Waals surface area contributed by atoms with Gasteiger partial charge in [0.25, 0.3) is 0 Å². The van der Waals surface area contributed by atoms with Crippen LogP contribution in [-0.2, 0) is 6.42 Å². The molecule has 1 aromatic heterocycles. The van der Waals surface area contributed by atoms with Gasteiger partial charge in [0.1, 0.15) is 5.56 Å². The van der Waals surface area contributed by atoms with E-state index in [2.05, 4.69) is 12.1 Å². The van der Waals surface area contributed by atoms with E-state index in [9.17, 15) is 9.90 Å². The number of aryl methyl sites for hydroxylation is 1. The Morgan fingerprint density at radius 1 is 1.26 bits per heavy atom. The van der Waals surface area contributed by atoms with E-state index in [0.717, 1.165) is 32.1 Å². The summed E-state index contributed by atoms with van der Waals surface area (Å²) in [6.45, 7) is 2.20. The Morgan fingerprint density at radius 3 is 2.58 bits per heavy atom. The van der Waals surface area contributed by atoms with Crippen LogP contribution in [0.5, 0.6) is 0 Å². The molecule has 1 aliphatic carbocycles. The van der Waals surface area contributed by atoms with E-state index in [0.29, 0.717) is 22.9 Å². The number of rotatable bonds is 9. The van der Waals surface area contributed by atoms with E-state index >= 15 is 0 Å². The molecule has 0 bridgehead atoms. The van der Waals surface area contributed by atoms with Gasteiger partial charge in [0.2, 0.25) is 0 Å². The molecule has 4 heteroatoms. The molecule has 0 aromatic carbocycles. The minimum Gasteiger partial charge on any atom is -0.477 e. The summed E-state index contributed by atoms with van der Waals surface area (Å²) in [5.74, 6) is 0.0227. The highest BCUT2D eigenvalue weighted by Crippen LogP contribution is 2.42. The standard InChI is InChI=1S/C15H23NO3/c1-2-3-4-5-6-7-8-12-13(15(17)18)14(19-16-12)11-9-10-11/h11H,2-10H2,1H3,(H,17,18). The minimum absolute atomic E-state index is 0.303. The summed E-state index contributed by atoms with van der Waals surface area (Å²) in [4.78, 5) is 11.3. The van der Waals surface area contributed by atoms with Crippen molar-refractivity contribution in [2.75, 3.05) is 0 Å². The lowest BCUT2D eigenvalue weighted by Gasteiger charge is -2.00. The second-order valence-electron chi connectivity index (χ2n) is 5.47. The fourth-order valence-corrected chi connectivity index (χ4v) is 2.43. The Labute approximate surface area is 114 Å². The molecule has 1 aromatic rings. The van der Waals surface area contributed by atoms with Gasteiger partial charge in [-0.1, -0.05) is 44.2 Å². The molecule has 1 N–H and O–H groups in total. The first-order valence-corrected chi connectivity index (χ1v) is 7.45. The monoisotopic (exact) mass is 265 g/mol. The lowest BCUT2D eigenvalue weighted by molar-refractivity contribution is 0.0693. The maximum Gasteiger partial charge on any atom is 0.341 e. The highest BCUT2D eigenvalue weighted by molar-refractivity contribution is 5.90. The number of nitrogens with zero attached hydrogens (tertiary/aromatic N) is 1. The van der Waals surface area contributed by atoms with Gasteiger partial charge in [-0.25, -0.2) is 4.79 Å². The van der Waals surface area contributed by atoms with Crippen LogP contribution in [0.2, 0.25) is 0 Å². The summed E-state index contributed by atoms with van der Waals surface area (Å²) in [6, 6.07) is 0. The predicted molar refractivity (Wildman–Crippen MR) is 72.5 cm³/mol. The Kier molecular flexibility index (Phi) is 5.00. The third-order valence-corrected chi connectivity index (χ3v) is 3.72. The number of carboxylic acid groups (broad SMARTS) is 1. The topological polar surface area (TPSA) is 63.3 Å². The van der Waals surface area contributed by atoms with E-state index in [1.54, 1.807) is 0 Å². The lowest BCUT2D eigenvalue weighted by atomic mass is 10.0. The molecule has 0 aliphatic heterocycles. The number of aromatic carboxylic acids is 1. The van der Waals surface area contributed by atoms with Crippen LogP contribution in [0.3, 0.4) is 0 Å². The van der Waals surface area contributed by atoms with Crippen molar-refractivity contribution in [3.05, 3.63) is 17.0 Å². The fourth-order valence-electron chi connectivity index (χ4n) is 2.43. The SMILES string of the molecule is CCCCCCCCc1noc(C2CC2)c1C(=O)O. The van der Waals surface area contributed by atoms with Gasteiger partial charge in [-0.05, 0) is 25.7 Å². The molecule has 0 radical (unpaired) electrons. The van der Waals surface area contributed by atoms with Crippen molar-refractivity contribution >= 4 is 5.97 Å². The highest BCUT2D eigenvalue weighted by atomic mass is 16.5. The average molecular weight is 265 g/mol. The van der Waals surface area contributed by atoms with Gasteiger partial charge in [-0.15, -0.1) is 0 Å². The van der Waals surface area contributed by atoms with E-state index in [4.69, 9.17) is 4.52 Å². The van der Waals surface area contributed by atoms with Crippen molar-refractivity contribution < 1.29 is 14.4 Å². The summed E-state index contributed by atoms with van der Waals surface area (Å²) < 4.78 is 5.25. The van der Waals surface area contributed by atoms with Crippen molar-refractivity contribution in [3.63, 3.8) is 0 Å². The molecule has 0 amide bonds. The molecule has 0 spiro atoms. The van der Waals surface area contributed by atoms with Gasteiger partial charge in [-0.3, -0.25) is 0 Å². The lowest BCUT2D eigenvalue weighted by Crippen LogP contribution is -2.03. The molecule has 0 saturated heterocycles. The number of hydrogen-bond donors (Lipinski definition) is 1. The normalized spacial score (nSPS) is 14.8. The smallest absolute Gasteiger partial charge is 0.341 e. The van der Waals surface area contributed by atoms with Gasteiger partial charge in [0, 0.05) is 5.92 Å². The highest BCUT2D eigenvalue weighted by Gasteiger charge is 2.34.